The molecule has 2 atom stereocenters. The highest BCUT2D eigenvalue weighted by molar-refractivity contribution is 7.09. The summed E-state index contributed by atoms with van der Waals surface area (Å²) in [5.74, 6) is -0.546. The van der Waals surface area contributed by atoms with Crippen molar-refractivity contribution in [2.24, 2.45) is 11.8 Å². The van der Waals surface area contributed by atoms with Gasteiger partial charge in [0.05, 0.1) is 5.92 Å². The van der Waals surface area contributed by atoms with Gasteiger partial charge in [-0.1, -0.05) is 13.0 Å². The van der Waals surface area contributed by atoms with Gasteiger partial charge in [-0.2, -0.15) is 0 Å². The second-order valence-electron chi connectivity index (χ2n) is 4.51. The van der Waals surface area contributed by atoms with Gasteiger partial charge in [-0.15, -0.1) is 11.3 Å². The SMILES string of the molecule is CC1CN(CCc2cccs2)CC1C(=O)O. The van der Waals surface area contributed by atoms with E-state index in [1.807, 2.05) is 6.92 Å². The molecule has 1 aliphatic heterocycles. The van der Waals surface area contributed by atoms with Gasteiger partial charge in [-0.05, 0) is 23.8 Å². The van der Waals surface area contributed by atoms with Crippen molar-refractivity contribution in [1.82, 2.24) is 4.90 Å². The molecule has 2 unspecified atom stereocenters. The van der Waals surface area contributed by atoms with Crippen LogP contribution in [0.4, 0.5) is 0 Å². The average molecular weight is 239 g/mol. The van der Waals surface area contributed by atoms with E-state index >= 15 is 0 Å². The van der Waals surface area contributed by atoms with Crippen molar-refractivity contribution in [3.8, 4) is 0 Å². The van der Waals surface area contributed by atoms with Crippen molar-refractivity contribution in [1.29, 1.82) is 0 Å². The van der Waals surface area contributed by atoms with Gasteiger partial charge in [-0.25, -0.2) is 0 Å². The number of hydrogen-bond acceptors (Lipinski definition) is 3. The number of rotatable bonds is 4. The molecule has 1 saturated heterocycles. The van der Waals surface area contributed by atoms with Crippen LogP contribution in [0, 0.1) is 11.8 Å². The largest absolute Gasteiger partial charge is 0.481 e. The third-order valence-corrected chi connectivity index (χ3v) is 4.20. The number of carbonyl (C=O) groups is 1. The van der Waals surface area contributed by atoms with E-state index in [0.29, 0.717) is 6.54 Å². The van der Waals surface area contributed by atoms with Gasteiger partial charge in [0.2, 0.25) is 0 Å². The molecule has 0 aromatic carbocycles. The predicted molar refractivity (Wildman–Crippen MR) is 64.8 cm³/mol. The van der Waals surface area contributed by atoms with Crippen LogP contribution in [-0.2, 0) is 11.2 Å². The molecule has 2 rings (SSSR count). The summed E-state index contributed by atoms with van der Waals surface area (Å²) >= 11 is 1.77. The van der Waals surface area contributed by atoms with E-state index in [0.717, 1.165) is 19.5 Å². The number of aliphatic carboxylic acids is 1. The molecule has 1 aromatic rings. The molecule has 0 spiro atoms. The van der Waals surface area contributed by atoms with Crippen LogP contribution in [0.3, 0.4) is 0 Å². The molecule has 0 radical (unpaired) electrons. The number of likely N-dealkylation sites (tertiary alicyclic amines) is 1. The molecule has 1 fully saturated rings. The summed E-state index contributed by atoms with van der Waals surface area (Å²) in [4.78, 5) is 14.6. The fourth-order valence-electron chi connectivity index (χ4n) is 2.29. The maximum Gasteiger partial charge on any atom is 0.308 e. The van der Waals surface area contributed by atoms with E-state index in [4.69, 9.17) is 5.11 Å². The third-order valence-electron chi connectivity index (χ3n) is 3.26. The molecule has 2 heterocycles. The van der Waals surface area contributed by atoms with Crippen LogP contribution in [0.5, 0.6) is 0 Å². The lowest BCUT2D eigenvalue weighted by atomic mass is 9.99. The summed E-state index contributed by atoms with van der Waals surface area (Å²) in [7, 11) is 0. The van der Waals surface area contributed by atoms with Crippen LogP contribution in [0.25, 0.3) is 0 Å². The third kappa shape index (κ3) is 2.62. The molecule has 16 heavy (non-hydrogen) atoms. The van der Waals surface area contributed by atoms with Crippen molar-refractivity contribution in [3.05, 3.63) is 22.4 Å². The molecule has 4 heteroatoms. The number of thiophene rings is 1. The lowest BCUT2D eigenvalue weighted by Gasteiger charge is -2.14. The monoisotopic (exact) mass is 239 g/mol. The van der Waals surface area contributed by atoms with Gasteiger partial charge < -0.3 is 10.0 Å². The van der Waals surface area contributed by atoms with Gasteiger partial charge >= 0.3 is 5.97 Å². The predicted octanol–water partition coefficient (Wildman–Crippen LogP) is 1.94. The second-order valence-corrected chi connectivity index (χ2v) is 5.54. The van der Waals surface area contributed by atoms with Gasteiger partial charge in [0.1, 0.15) is 0 Å². The van der Waals surface area contributed by atoms with E-state index < -0.39 is 5.97 Å². The Morgan fingerprint density at radius 1 is 1.62 bits per heavy atom. The van der Waals surface area contributed by atoms with Gasteiger partial charge in [0, 0.05) is 24.5 Å². The first kappa shape index (κ1) is 11.6. The van der Waals surface area contributed by atoms with E-state index in [1.165, 1.54) is 4.88 Å². The van der Waals surface area contributed by atoms with Crippen molar-refractivity contribution in [2.75, 3.05) is 19.6 Å². The van der Waals surface area contributed by atoms with E-state index in [9.17, 15) is 4.79 Å². The quantitative estimate of drug-likeness (QED) is 0.873. The Kier molecular flexibility index (Phi) is 3.61. The molecule has 0 amide bonds. The van der Waals surface area contributed by atoms with Crippen molar-refractivity contribution < 1.29 is 9.90 Å². The average Bonchev–Trinajstić information content (AvgIpc) is 2.83. The number of carboxylic acids is 1. The fourth-order valence-corrected chi connectivity index (χ4v) is 2.99. The Morgan fingerprint density at radius 2 is 2.44 bits per heavy atom. The Hall–Kier alpha value is -0.870. The van der Waals surface area contributed by atoms with Gasteiger partial charge in [0.15, 0.2) is 0 Å². The highest BCUT2D eigenvalue weighted by Gasteiger charge is 2.34. The van der Waals surface area contributed by atoms with Crippen LogP contribution in [-0.4, -0.2) is 35.6 Å². The Balaban J connectivity index is 1.82. The first-order valence-corrected chi connectivity index (χ1v) is 6.52. The van der Waals surface area contributed by atoms with Crippen LogP contribution in [0.15, 0.2) is 17.5 Å². The second kappa shape index (κ2) is 4.97. The molecular weight excluding hydrogens is 222 g/mol. The zero-order chi connectivity index (χ0) is 11.5. The zero-order valence-electron chi connectivity index (χ0n) is 9.43. The molecular formula is C12H17NO2S. The minimum Gasteiger partial charge on any atom is -0.481 e. The summed E-state index contributed by atoms with van der Waals surface area (Å²) in [5, 5.41) is 11.1. The highest BCUT2D eigenvalue weighted by Crippen LogP contribution is 2.23. The summed E-state index contributed by atoms with van der Waals surface area (Å²) in [6.45, 7) is 4.64. The van der Waals surface area contributed by atoms with Crippen molar-refractivity contribution in [2.45, 2.75) is 13.3 Å². The van der Waals surface area contributed by atoms with Gasteiger partial charge in [-0.3, -0.25) is 4.79 Å². The number of carboxylic acid groups (broad SMARTS) is 1. The first-order chi connectivity index (χ1) is 7.66. The Bertz CT molecular complexity index is 350. The molecule has 3 nitrogen and oxygen atoms in total. The maximum absolute atomic E-state index is 11.0. The van der Waals surface area contributed by atoms with Crippen molar-refractivity contribution in [3.63, 3.8) is 0 Å². The normalized spacial score (nSPS) is 26.1. The fraction of sp³-hybridized carbons (Fsp3) is 0.583. The molecule has 0 saturated carbocycles. The van der Waals surface area contributed by atoms with Gasteiger partial charge in [0.25, 0.3) is 0 Å². The Labute approximate surface area is 99.7 Å². The standard InChI is InChI=1S/C12H17NO2S/c1-9-7-13(8-11(9)12(14)15)5-4-10-3-2-6-16-10/h2-3,6,9,11H,4-5,7-8H2,1H3,(H,14,15). The molecule has 1 N–H and O–H groups in total. The summed E-state index contributed by atoms with van der Waals surface area (Å²) < 4.78 is 0. The number of nitrogens with zero attached hydrogens (tertiary/aromatic N) is 1. The molecule has 1 aromatic heterocycles. The van der Waals surface area contributed by atoms with Crippen molar-refractivity contribution >= 4 is 17.3 Å². The molecule has 88 valence electrons. The molecule has 1 aliphatic rings. The zero-order valence-corrected chi connectivity index (χ0v) is 10.2. The molecule has 0 bridgehead atoms. The smallest absolute Gasteiger partial charge is 0.308 e. The lowest BCUT2D eigenvalue weighted by molar-refractivity contribution is -0.142. The van der Waals surface area contributed by atoms with Crippen LogP contribution >= 0.6 is 11.3 Å². The maximum atomic E-state index is 11.0. The van der Waals surface area contributed by atoms with E-state index in [2.05, 4.69) is 22.4 Å². The lowest BCUT2D eigenvalue weighted by Crippen LogP contribution is -2.25. The van der Waals surface area contributed by atoms with E-state index in [1.54, 1.807) is 11.3 Å². The molecule has 0 aliphatic carbocycles. The first-order valence-electron chi connectivity index (χ1n) is 5.64. The minimum atomic E-state index is -0.647. The van der Waals surface area contributed by atoms with Crippen LogP contribution in [0.2, 0.25) is 0 Å². The highest BCUT2D eigenvalue weighted by atomic mass is 32.1. The summed E-state index contributed by atoms with van der Waals surface area (Å²) in [5.41, 5.74) is 0. The van der Waals surface area contributed by atoms with Crippen LogP contribution < -0.4 is 0 Å². The Morgan fingerprint density at radius 3 is 3.00 bits per heavy atom. The van der Waals surface area contributed by atoms with Crippen LogP contribution in [0.1, 0.15) is 11.8 Å². The summed E-state index contributed by atoms with van der Waals surface area (Å²) in [6, 6.07) is 4.20. The topological polar surface area (TPSA) is 40.5 Å². The van der Waals surface area contributed by atoms with E-state index in [-0.39, 0.29) is 11.8 Å². The minimum absolute atomic E-state index is 0.177. The number of hydrogen-bond donors (Lipinski definition) is 1. The summed E-state index contributed by atoms with van der Waals surface area (Å²) in [6.07, 6.45) is 1.04.